The number of fused-ring (bicyclic) bond motifs is 2. The van der Waals surface area contributed by atoms with Gasteiger partial charge in [-0.3, -0.25) is 25.2 Å². The van der Waals surface area contributed by atoms with Gasteiger partial charge in [0.1, 0.15) is 6.04 Å². The number of rotatable bonds is 7. The minimum absolute atomic E-state index is 0.222. The monoisotopic (exact) mass is 556 g/mol. The third-order valence-corrected chi connectivity index (χ3v) is 8.07. The first-order chi connectivity index (χ1) is 20.5. The molecule has 1 aliphatic heterocycles. The quantitative estimate of drug-likeness (QED) is 0.258. The van der Waals surface area contributed by atoms with Crippen LogP contribution in [0.3, 0.4) is 0 Å². The summed E-state index contributed by atoms with van der Waals surface area (Å²) in [6.07, 6.45) is 0.787. The van der Waals surface area contributed by atoms with Crippen LogP contribution in [-0.4, -0.2) is 33.2 Å². The van der Waals surface area contributed by atoms with Crippen molar-refractivity contribution in [3.8, 4) is 11.3 Å². The van der Waals surface area contributed by atoms with Crippen molar-refractivity contribution in [3.05, 3.63) is 131 Å². The summed E-state index contributed by atoms with van der Waals surface area (Å²) in [7, 11) is 2.03. The molecule has 5 aromatic rings. The Morgan fingerprint density at radius 1 is 0.810 bits per heavy atom. The van der Waals surface area contributed by atoms with Crippen LogP contribution in [0.25, 0.3) is 22.2 Å². The molecule has 42 heavy (non-hydrogen) atoms. The molecule has 2 N–H and O–H groups in total. The Kier molecular flexibility index (Phi) is 7.32. The van der Waals surface area contributed by atoms with E-state index in [-0.39, 0.29) is 18.2 Å². The van der Waals surface area contributed by atoms with E-state index < -0.39 is 18.0 Å². The average molecular weight is 557 g/mol. The summed E-state index contributed by atoms with van der Waals surface area (Å²) in [6, 6.07) is 34.1. The number of hydrogen-bond donors (Lipinski definition) is 2. The van der Waals surface area contributed by atoms with Gasteiger partial charge in [-0.1, -0.05) is 97.1 Å². The van der Waals surface area contributed by atoms with Crippen molar-refractivity contribution >= 4 is 28.6 Å². The second kappa shape index (κ2) is 11.4. The Balaban J connectivity index is 1.34. The number of nitrogens with one attached hydrogen (secondary N) is 2. The molecular formula is C35H32N4O3. The third-order valence-electron chi connectivity index (χ3n) is 8.07. The van der Waals surface area contributed by atoms with Gasteiger partial charge in [-0.2, -0.15) is 0 Å². The standard InChI is InChI=1S/C35H32N4O3/c1-23(34(41)37-36-30(40)22-21-24-13-5-3-6-14-24)39-33(26-17-9-10-18-27(26)35(39)42)31-28-19-11-12-20-29(28)38(2)32(31)25-15-7-4-8-16-25/h3-20,23,33H,21-22H2,1-2H3,(H,36,40)(H,37,41). The lowest BCUT2D eigenvalue weighted by Gasteiger charge is -2.31. The highest BCUT2D eigenvalue weighted by atomic mass is 16.2. The number of aromatic nitrogens is 1. The van der Waals surface area contributed by atoms with Crippen molar-refractivity contribution in [3.63, 3.8) is 0 Å². The number of amides is 3. The minimum Gasteiger partial charge on any atom is -0.343 e. The van der Waals surface area contributed by atoms with Gasteiger partial charge >= 0.3 is 0 Å². The molecule has 2 unspecified atom stereocenters. The van der Waals surface area contributed by atoms with Crippen molar-refractivity contribution < 1.29 is 14.4 Å². The predicted octanol–water partition coefficient (Wildman–Crippen LogP) is 5.56. The summed E-state index contributed by atoms with van der Waals surface area (Å²) in [5.41, 5.74) is 11.6. The van der Waals surface area contributed by atoms with Crippen molar-refractivity contribution in [1.29, 1.82) is 0 Å². The van der Waals surface area contributed by atoms with Crippen LogP contribution in [0.15, 0.2) is 109 Å². The van der Waals surface area contributed by atoms with Crippen molar-refractivity contribution in [1.82, 2.24) is 20.3 Å². The van der Waals surface area contributed by atoms with Crippen molar-refractivity contribution in [2.24, 2.45) is 7.05 Å². The molecule has 0 bridgehead atoms. The number of nitrogens with zero attached hydrogens (tertiary/aromatic N) is 2. The maximum Gasteiger partial charge on any atom is 0.260 e. The lowest BCUT2D eigenvalue weighted by Crippen LogP contribution is -2.52. The molecule has 0 fully saturated rings. The zero-order valence-electron chi connectivity index (χ0n) is 23.6. The summed E-state index contributed by atoms with van der Waals surface area (Å²) in [4.78, 5) is 41.6. The molecule has 0 aliphatic carbocycles. The van der Waals surface area contributed by atoms with E-state index in [0.717, 1.165) is 38.9 Å². The normalized spacial score (nSPS) is 15.0. The minimum atomic E-state index is -0.869. The van der Waals surface area contributed by atoms with Crippen LogP contribution in [0.5, 0.6) is 0 Å². The molecule has 0 saturated heterocycles. The molecule has 3 amide bonds. The Labute approximate surface area is 244 Å². The fourth-order valence-corrected chi connectivity index (χ4v) is 6.00. The average Bonchev–Trinajstić information content (AvgIpc) is 3.49. The Morgan fingerprint density at radius 3 is 2.21 bits per heavy atom. The van der Waals surface area contributed by atoms with Gasteiger partial charge in [0.15, 0.2) is 0 Å². The maximum atomic E-state index is 14.0. The molecular weight excluding hydrogens is 524 g/mol. The van der Waals surface area contributed by atoms with Crippen LogP contribution < -0.4 is 10.9 Å². The summed E-state index contributed by atoms with van der Waals surface area (Å²) >= 11 is 0. The van der Waals surface area contributed by atoms with Gasteiger partial charge < -0.3 is 9.47 Å². The van der Waals surface area contributed by atoms with Crippen LogP contribution in [0.4, 0.5) is 0 Å². The van der Waals surface area contributed by atoms with E-state index in [1.807, 2.05) is 92.0 Å². The van der Waals surface area contributed by atoms with E-state index in [1.54, 1.807) is 11.8 Å². The van der Waals surface area contributed by atoms with Gasteiger partial charge in [0.2, 0.25) is 5.91 Å². The first kappa shape index (κ1) is 27.0. The highest BCUT2D eigenvalue weighted by molar-refractivity contribution is 6.04. The van der Waals surface area contributed by atoms with Crippen LogP contribution in [-0.2, 0) is 23.1 Å². The second-order valence-corrected chi connectivity index (χ2v) is 10.6. The molecule has 4 aromatic carbocycles. The number of hydrazine groups is 1. The van der Waals surface area contributed by atoms with Gasteiger partial charge in [-0.25, -0.2) is 0 Å². The van der Waals surface area contributed by atoms with E-state index in [9.17, 15) is 14.4 Å². The molecule has 1 aliphatic rings. The summed E-state index contributed by atoms with van der Waals surface area (Å²) < 4.78 is 2.15. The molecule has 7 nitrogen and oxygen atoms in total. The third kappa shape index (κ3) is 4.83. The van der Waals surface area contributed by atoms with E-state index in [0.29, 0.717) is 12.0 Å². The number of carbonyl (C=O) groups excluding carboxylic acids is 3. The number of carbonyl (C=O) groups is 3. The second-order valence-electron chi connectivity index (χ2n) is 10.6. The van der Waals surface area contributed by atoms with Gasteiger partial charge in [-0.15, -0.1) is 0 Å². The smallest absolute Gasteiger partial charge is 0.260 e. The van der Waals surface area contributed by atoms with Gasteiger partial charge in [0.25, 0.3) is 11.8 Å². The lowest BCUT2D eigenvalue weighted by atomic mass is 9.92. The number of para-hydroxylation sites is 1. The SMILES string of the molecule is CC(C(=O)NNC(=O)CCc1ccccc1)N1C(=O)c2ccccc2C1c1c(-c2ccccc2)n(C)c2ccccc12. The van der Waals surface area contributed by atoms with Gasteiger partial charge in [0.05, 0.1) is 11.7 Å². The number of aryl methyl sites for hydroxylation is 2. The fourth-order valence-electron chi connectivity index (χ4n) is 6.00. The molecule has 2 heterocycles. The van der Waals surface area contributed by atoms with E-state index >= 15 is 0 Å². The Hall–Kier alpha value is -5.17. The summed E-state index contributed by atoms with van der Waals surface area (Å²) in [5, 5.41) is 1.01. The number of hydrogen-bond acceptors (Lipinski definition) is 3. The zero-order valence-corrected chi connectivity index (χ0v) is 23.6. The van der Waals surface area contributed by atoms with Crippen LogP contribution in [0.2, 0.25) is 0 Å². The Bertz CT molecular complexity index is 1780. The van der Waals surface area contributed by atoms with E-state index in [1.165, 1.54) is 0 Å². The van der Waals surface area contributed by atoms with E-state index in [4.69, 9.17) is 0 Å². The van der Waals surface area contributed by atoms with Gasteiger partial charge in [0, 0.05) is 35.5 Å². The molecule has 0 radical (unpaired) electrons. The van der Waals surface area contributed by atoms with Crippen molar-refractivity contribution in [2.75, 3.05) is 0 Å². The van der Waals surface area contributed by atoms with E-state index in [2.05, 4.69) is 39.7 Å². The molecule has 6 rings (SSSR count). The van der Waals surface area contributed by atoms with Crippen molar-refractivity contribution in [2.45, 2.75) is 31.8 Å². The predicted molar refractivity (Wildman–Crippen MR) is 163 cm³/mol. The molecule has 0 saturated carbocycles. The molecule has 0 spiro atoms. The van der Waals surface area contributed by atoms with Gasteiger partial charge in [-0.05, 0) is 42.2 Å². The molecule has 2 atom stereocenters. The Morgan fingerprint density at radius 2 is 1.45 bits per heavy atom. The highest BCUT2D eigenvalue weighted by Crippen LogP contribution is 2.47. The lowest BCUT2D eigenvalue weighted by molar-refractivity contribution is -0.131. The van der Waals surface area contributed by atoms with Crippen LogP contribution in [0, 0.1) is 0 Å². The topological polar surface area (TPSA) is 83.4 Å². The first-order valence-corrected chi connectivity index (χ1v) is 14.1. The number of benzene rings is 4. The largest absolute Gasteiger partial charge is 0.343 e. The first-order valence-electron chi connectivity index (χ1n) is 14.1. The van der Waals surface area contributed by atoms with Crippen LogP contribution >= 0.6 is 0 Å². The highest BCUT2D eigenvalue weighted by Gasteiger charge is 2.44. The maximum absolute atomic E-state index is 14.0. The molecule has 1 aromatic heterocycles. The van der Waals surface area contributed by atoms with Crippen LogP contribution in [0.1, 0.15) is 46.4 Å². The summed E-state index contributed by atoms with van der Waals surface area (Å²) in [5.74, 6) is -0.983. The summed E-state index contributed by atoms with van der Waals surface area (Å²) in [6.45, 7) is 1.70. The molecule has 210 valence electrons. The fraction of sp³-hybridized carbons (Fsp3) is 0.171. The molecule has 7 heteroatoms. The zero-order chi connectivity index (χ0) is 29.2.